The molecule has 2 nitrogen and oxygen atoms in total. The highest BCUT2D eigenvalue weighted by atomic mass is 16.2. The first-order chi connectivity index (χ1) is 9.50. The molecule has 0 saturated carbocycles. The molecule has 0 saturated heterocycles. The van der Waals surface area contributed by atoms with Gasteiger partial charge in [-0.25, -0.2) is 0 Å². The number of hydrogen-bond acceptors (Lipinski definition) is 1. The van der Waals surface area contributed by atoms with Gasteiger partial charge < -0.3 is 4.90 Å². The molecule has 110 valence electrons. The van der Waals surface area contributed by atoms with E-state index >= 15 is 0 Å². The van der Waals surface area contributed by atoms with Crippen molar-refractivity contribution < 1.29 is 4.79 Å². The Morgan fingerprint density at radius 3 is 2.40 bits per heavy atom. The van der Waals surface area contributed by atoms with Crippen LogP contribution in [0, 0.1) is 5.92 Å². The van der Waals surface area contributed by atoms with Gasteiger partial charge in [-0.05, 0) is 44.2 Å². The first-order valence-corrected chi connectivity index (χ1v) is 7.48. The fraction of sp³-hybridized carbons (Fsp3) is 0.500. The van der Waals surface area contributed by atoms with Gasteiger partial charge in [0, 0.05) is 19.2 Å². The summed E-state index contributed by atoms with van der Waals surface area (Å²) in [6, 6.07) is 9.91. The average Bonchev–Trinajstić information content (AvgIpc) is 2.39. The third-order valence-corrected chi connectivity index (χ3v) is 3.59. The Balaban J connectivity index is 2.44. The second kappa shape index (κ2) is 8.57. The molecule has 1 rings (SSSR count). The topological polar surface area (TPSA) is 20.3 Å². The monoisotopic (exact) mass is 273 g/mol. The van der Waals surface area contributed by atoms with E-state index in [9.17, 15) is 4.79 Å². The molecule has 0 bridgehead atoms. The van der Waals surface area contributed by atoms with Crippen LogP contribution in [0.3, 0.4) is 0 Å². The van der Waals surface area contributed by atoms with E-state index in [1.54, 1.807) is 6.92 Å². The van der Waals surface area contributed by atoms with E-state index in [0.29, 0.717) is 5.92 Å². The molecule has 1 aromatic rings. The number of hydrogen-bond donors (Lipinski definition) is 0. The van der Waals surface area contributed by atoms with Crippen molar-refractivity contribution in [2.45, 2.75) is 46.5 Å². The van der Waals surface area contributed by atoms with Crippen molar-refractivity contribution in [2.24, 2.45) is 5.92 Å². The fourth-order valence-corrected chi connectivity index (χ4v) is 2.32. The Kier molecular flexibility index (Phi) is 7.06. The summed E-state index contributed by atoms with van der Waals surface area (Å²) in [4.78, 5) is 13.6. The molecule has 0 aromatic heterocycles. The predicted octanol–water partition coefficient (Wildman–Crippen LogP) is 4.81. The highest BCUT2D eigenvalue weighted by molar-refractivity contribution is 5.91. The summed E-state index contributed by atoms with van der Waals surface area (Å²) in [5, 5.41) is 0. The zero-order chi connectivity index (χ0) is 15.0. The second-order valence-electron chi connectivity index (χ2n) is 5.75. The van der Waals surface area contributed by atoms with Gasteiger partial charge in [0.1, 0.15) is 0 Å². The van der Waals surface area contributed by atoms with E-state index in [0.717, 1.165) is 25.1 Å². The van der Waals surface area contributed by atoms with E-state index in [1.165, 1.54) is 18.4 Å². The van der Waals surface area contributed by atoms with Crippen molar-refractivity contribution in [3.05, 3.63) is 42.5 Å². The maximum absolute atomic E-state index is 11.8. The third kappa shape index (κ3) is 6.05. The van der Waals surface area contributed by atoms with E-state index in [4.69, 9.17) is 0 Å². The van der Waals surface area contributed by atoms with E-state index < -0.39 is 0 Å². The molecule has 0 heterocycles. The summed E-state index contributed by atoms with van der Waals surface area (Å²) in [7, 11) is 0. The zero-order valence-electron chi connectivity index (χ0n) is 13.1. The van der Waals surface area contributed by atoms with Crippen molar-refractivity contribution in [3.8, 4) is 0 Å². The minimum absolute atomic E-state index is 0.116. The fourth-order valence-electron chi connectivity index (χ4n) is 2.32. The smallest absolute Gasteiger partial charge is 0.223 e. The van der Waals surface area contributed by atoms with Crippen LogP contribution in [0.25, 0.3) is 0 Å². The molecule has 1 atom stereocenters. The Morgan fingerprint density at radius 2 is 1.85 bits per heavy atom. The van der Waals surface area contributed by atoms with Gasteiger partial charge in [-0.2, -0.15) is 0 Å². The minimum atomic E-state index is 0.116. The summed E-state index contributed by atoms with van der Waals surface area (Å²) >= 11 is 0. The van der Waals surface area contributed by atoms with Crippen LogP contribution in [0.4, 0.5) is 5.69 Å². The standard InChI is InChI=1S/C18H27NO/c1-15(2)9-8-10-16(3)13-14-19(17(4)20)18-11-6-5-7-12-18/h5-7,11-12,16H,1,8-10,13-14H2,2-4H3/t16-/m0/s1. The number of allylic oxidation sites excluding steroid dienone is 1. The number of nitrogens with zero attached hydrogens (tertiary/aromatic N) is 1. The maximum atomic E-state index is 11.8. The number of carbonyl (C=O) groups is 1. The lowest BCUT2D eigenvalue weighted by Gasteiger charge is -2.23. The lowest BCUT2D eigenvalue weighted by Crippen LogP contribution is -2.30. The van der Waals surface area contributed by atoms with Crippen LogP contribution in [0.2, 0.25) is 0 Å². The van der Waals surface area contributed by atoms with Crippen molar-refractivity contribution in [1.29, 1.82) is 0 Å². The minimum Gasteiger partial charge on any atom is -0.313 e. The molecule has 0 fully saturated rings. The van der Waals surface area contributed by atoms with Crippen LogP contribution < -0.4 is 4.90 Å². The van der Waals surface area contributed by atoms with Crippen molar-refractivity contribution in [2.75, 3.05) is 11.4 Å². The summed E-state index contributed by atoms with van der Waals surface area (Å²) in [6.45, 7) is 10.7. The first-order valence-electron chi connectivity index (χ1n) is 7.48. The Bertz CT molecular complexity index is 424. The van der Waals surface area contributed by atoms with Crippen molar-refractivity contribution in [1.82, 2.24) is 0 Å². The van der Waals surface area contributed by atoms with Crippen LogP contribution >= 0.6 is 0 Å². The van der Waals surface area contributed by atoms with Crippen LogP contribution in [0.15, 0.2) is 42.5 Å². The normalized spacial score (nSPS) is 11.9. The van der Waals surface area contributed by atoms with E-state index in [-0.39, 0.29) is 5.91 Å². The lowest BCUT2D eigenvalue weighted by atomic mass is 9.99. The number of amides is 1. The molecule has 0 spiro atoms. The van der Waals surface area contributed by atoms with Gasteiger partial charge in [0.2, 0.25) is 5.91 Å². The number of benzene rings is 1. The largest absolute Gasteiger partial charge is 0.313 e. The molecule has 20 heavy (non-hydrogen) atoms. The average molecular weight is 273 g/mol. The number of para-hydroxylation sites is 1. The van der Waals surface area contributed by atoms with Gasteiger partial charge >= 0.3 is 0 Å². The molecular formula is C18H27NO. The highest BCUT2D eigenvalue weighted by Crippen LogP contribution is 2.18. The van der Waals surface area contributed by atoms with Crippen molar-refractivity contribution in [3.63, 3.8) is 0 Å². The molecule has 0 radical (unpaired) electrons. The number of carbonyl (C=O) groups excluding carboxylic acids is 1. The molecule has 0 aliphatic rings. The molecule has 1 aromatic carbocycles. The molecule has 2 heteroatoms. The van der Waals surface area contributed by atoms with Gasteiger partial charge in [-0.15, -0.1) is 6.58 Å². The van der Waals surface area contributed by atoms with E-state index in [1.807, 2.05) is 35.2 Å². The van der Waals surface area contributed by atoms with Crippen LogP contribution in [-0.4, -0.2) is 12.5 Å². The molecule has 0 aliphatic heterocycles. The van der Waals surface area contributed by atoms with Gasteiger partial charge in [0.05, 0.1) is 0 Å². The van der Waals surface area contributed by atoms with Crippen LogP contribution in [-0.2, 0) is 4.79 Å². The third-order valence-electron chi connectivity index (χ3n) is 3.59. The van der Waals surface area contributed by atoms with Crippen LogP contribution in [0.5, 0.6) is 0 Å². The zero-order valence-corrected chi connectivity index (χ0v) is 13.1. The molecule has 0 N–H and O–H groups in total. The van der Waals surface area contributed by atoms with Gasteiger partial charge in [0.15, 0.2) is 0 Å². The summed E-state index contributed by atoms with van der Waals surface area (Å²) in [6.07, 6.45) is 4.55. The van der Waals surface area contributed by atoms with Gasteiger partial charge in [-0.3, -0.25) is 4.79 Å². The summed E-state index contributed by atoms with van der Waals surface area (Å²) < 4.78 is 0. The second-order valence-corrected chi connectivity index (χ2v) is 5.75. The molecular weight excluding hydrogens is 246 g/mol. The molecule has 1 amide bonds. The van der Waals surface area contributed by atoms with Gasteiger partial charge in [-0.1, -0.05) is 37.1 Å². The number of rotatable bonds is 8. The lowest BCUT2D eigenvalue weighted by molar-refractivity contribution is -0.116. The first kappa shape index (κ1) is 16.5. The SMILES string of the molecule is C=C(C)CCC[C@H](C)CCN(C(C)=O)c1ccccc1. The molecule has 0 aliphatic carbocycles. The highest BCUT2D eigenvalue weighted by Gasteiger charge is 2.12. The Hall–Kier alpha value is -1.57. The maximum Gasteiger partial charge on any atom is 0.223 e. The molecule has 0 unspecified atom stereocenters. The predicted molar refractivity (Wildman–Crippen MR) is 86.9 cm³/mol. The van der Waals surface area contributed by atoms with Crippen molar-refractivity contribution >= 4 is 11.6 Å². The Morgan fingerprint density at radius 1 is 1.20 bits per heavy atom. The quantitative estimate of drug-likeness (QED) is 0.622. The van der Waals surface area contributed by atoms with Gasteiger partial charge in [0.25, 0.3) is 0 Å². The van der Waals surface area contributed by atoms with Crippen LogP contribution in [0.1, 0.15) is 46.5 Å². The van der Waals surface area contributed by atoms with E-state index in [2.05, 4.69) is 20.4 Å². The Labute approximate surface area is 123 Å². The number of anilines is 1. The summed E-state index contributed by atoms with van der Waals surface area (Å²) in [5.41, 5.74) is 2.25. The summed E-state index contributed by atoms with van der Waals surface area (Å²) in [5.74, 6) is 0.755.